The van der Waals surface area contributed by atoms with Gasteiger partial charge in [0.15, 0.2) is 5.69 Å². The van der Waals surface area contributed by atoms with E-state index >= 15 is 0 Å². The molecule has 2 aromatic carbocycles. The molecule has 0 spiro atoms. The molecule has 3 aromatic rings. The zero-order chi connectivity index (χ0) is 16.2. The van der Waals surface area contributed by atoms with Gasteiger partial charge >= 0.3 is 0 Å². The Morgan fingerprint density at radius 1 is 1.17 bits per heavy atom. The van der Waals surface area contributed by atoms with Gasteiger partial charge in [-0.1, -0.05) is 47.1 Å². The predicted molar refractivity (Wildman–Crippen MR) is 83.9 cm³/mol. The molecule has 0 unspecified atom stereocenters. The Labute approximate surface area is 136 Å². The molecule has 0 saturated carbocycles. The van der Waals surface area contributed by atoms with Crippen LogP contribution in [0.2, 0.25) is 5.02 Å². The minimum absolute atomic E-state index is 0.0739. The molecule has 23 heavy (non-hydrogen) atoms. The van der Waals surface area contributed by atoms with Gasteiger partial charge in [-0.05, 0) is 18.2 Å². The van der Waals surface area contributed by atoms with Gasteiger partial charge in [0, 0.05) is 12.1 Å². The molecule has 1 aromatic heterocycles. The number of nitrogens with zero attached hydrogens (tertiary/aromatic N) is 3. The number of halogens is 2. The highest BCUT2D eigenvalue weighted by molar-refractivity contribution is 6.32. The average Bonchev–Trinajstić information content (AvgIpc) is 3.04. The van der Waals surface area contributed by atoms with Crippen LogP contribution in [0, 0.1) is 5.82 Å². The van der Waals surface area contributed by atoms with Gasteiger partial charge in [0.25, 0.3) is 5.91 Å². The van der Waals surface area contributed by atoms with Crippen molar-refractivity contribution >= 4 is 17.5 Å². The summed E-state index contributed by atoms with van der Waals surface area (Å²) in [7, 11) is 0. The van der Waals surface area contributed by atoms with Crippen molar-refractivity contribution in [2.24, 2.45) is 0 Å². The summed E-state index contributed by atoms with van der Waals surface area (Å²) in [6.45, 7) is 0.0739. The lowest BCUT2D eigenvalue weighted by molar-refractivity contribution is 0.0945. The molecular formula is C16H12ClFN4O. The summed E-state index contributed by atoms with van der Waals surface area (Å²) in [5.41, 5.74) is 1.15. The second kappa shape index (κ2) is 6.58. The van der Waals surface area contributed by atoms with E-state index in [1.54, 1.807) is 42.5 Å². The van der Waals surface area contributed by atoms with Crippen molar-refractivity contribution in [3.05, 3.63) is 76.8 Å². The Hall–Kier alpha value is -2.73. The first-order valence-corrected chi connectivity index (χ1v) is 7.22. The van der Waals surface area contributed by atoms with Crippen molar-refractivity contribution < 1.29 is 9.18 Å². The highest BCUT2D eigenvalue weighted by atomic mass is 35.5. The lowest BCUT2D eigenvalue weighted by atomic mass is 10.2. The second-order valence-electron chi connectivity index (χ2n) is 4.77. The second-order valence-corrected chi connectivity index (χ2v) is 5.18. The van der Waals surface area contributed by atoms with Crippen LogP contribution in [0.4, 0.5) is 4.39 Å². The molecule has 0 radical (unpaired) electrons. The minimum atomic E-state index is -0.438. The van der Waals surface area contributed by atoms with Crippen molar-refractivity contribution in [2.45, 2.75) is 6.54 Å². The van der Waals surface area contributed by atoms with Gasteiger partial charge in [0.2, 0.25) is 0 Å². The van der Waals surface area contributed by atoms with Gasteiger partial charge in [0.05, 0.1) is 16.9 Å². The Bertz CT molecular complexity index is 849. The van der Waals surface area contributed by atoms with Gasteiger partial charge in [-0.3, -0.25) is 4.79 Å². The maximum atomic E-state index is 13.5. The zero-order valence-electron chi connectivity index (χ0n) is 11.9. The molecule has 0 aliphatic heterocycles. The Morgan fingerprint density at radius 3 is 2.70 bits per heavy atom. The maximum Gasteiger partial charge on any atom is 0.273 e. The fraction of sp³-hybridized carbons (Fsp3) is 0.0625. The van der Waals surface area contributed by atoms with Crippen LogP contribution >= 0.6 is 11.6 Å². The summed E-state index contributed by atoms with van der Waals surface area (Å²) in [5.74, 6) is -0.806. The Morgan fingerprint density at radius 2 is 1.91 bits per heavy atom. The van der Waals surface area contributed by atoms with Crippen LogP contribution in [0.25, 0.3) is 5.69 Å². The quantitative estimate of drug-likeness (QED) is 0.800. The topological polar surface area (TPSA) is 59.8 Å². The van der Waals surface area contributed by atoms with Crippen LogP contribution in [0.15, 0.2) is 54.7 Å². The molecule has 0 saturated heterocycles. The third kappa shape index (κ3) is 3.37. The molecule has 3 rings (SSSR count). The van der Waals surface area contributed by atoms with E-state index in [0.717, 1.165) is 0 Å². The molecule has 116 valence electrons. The number of carbonyl (C=O) groups is 1. The first kappa shape index (κ1) is 15.2. The summed E-state index contributed by atoms with van der Waals surface area (Å²) >= 11 is 6.08. The van der Waals surface area contributed by atoms with E-state index in [9.17, 15) is 9.18 Å². The third-order valence-electron chi connectivity index (χ3n) is 3.22. The lowest BCUT2D eigenvalue weighted by Crippen LogP contribution is -2.23. The van der Waals surface area contributed by atoms with Crippen molar-refractivity contribution in [3.63, 3.8) is 0 Å². The van der Waals surface area contributed by atoms with Crippen LogP contribution in [0.5, 0.6) is 0 Å². The highest BCUT2D eigenvalue weighted by Crippen LogP contribution is 2.18. The van der Waals surface area contributed by atoms with Crippen LogP contribution in [0.3, 0.4) is 0 Å². The molecule has 0 atom stereocenters. The summed E-state index contributed by atoms with van der Waals surface area (Å²) in [4.78, 5) is 12.1. The Kier molecular flexibility index (Phi) is 4.34. The largest absolute Gasteiger partial charge is 0.346 e. The normalized spacial score (nSPS) is 10.5. The summed E-state index contributed by atoms with van der Waals surface area (Å²) in [5, 5.41) is 10.8. The predicted octanol–water partition coefficient (Wildman–Crippen LogP) is 2.99. The van der Waals surface area contributed by atoms with Gasteiger partial charge in [0.1, 0.15) is 5.82 Å². The van der Waals surface area contributed by atoms with Crippen LogP contribution in [0.1, 0.15) is 16.1 Å². The number of benzene rings is 2. The van der Waals surface area contributed by atoms with Gasteiger partial charge in [-0.25, -0.2) is 9.07 Å². The third-order valence-corrected chi connectivity index (χ3v) is 3.54. The summed E-state index contributed by atoms with van der Waals surface area (Å²) < 4.78 is 14.9. The van der Waals surface area contributed by atoms with Crippen molar-refractivity contribution in [1.82, 2.24) is 20.3 Å². The monoisotopic (exact) mass is 330 g/mol. The molecule has 5 nitrogen and oxygen atoms in total. The smallest absolute Gasteiger partial charge is 0.273 e. The van der Waals surface area contributed by atoms with Gasteiger partial charge in [-0.2, -0.15) is 0 Å². The molecule has 0 fully saturated rings. The van der Waals surface area contributed by atoms with Crippen molar-refractivity contribution in [1.29, 1.82) is 0 Å². The number of para-hydroxylation sites is 1. The van der Waals surface area contributed by atoms with E-state index in [-0.39, 0.29) is 18.1 Å². The number of rotatable bonds is 4. The summed E-state index contributed by atoms with van der Waals surface area (Å²) in [6, 6.07) is 13.3. The number of carbonyl (C=O) groups excluding carboxylic acids is 1. The van der Waals surface area contributed by atoms with Crippen LogP contribution < -0.4 is 5.32 Å². The molecule has 1 heterocycles. The number of amides is 1. The zero-order valence-corrected chi connectivity index (χ0v) is 12.7. The number of nitrogens with one attached hydrogen (secondary N) is 1. The number of hydrogen-bond donors (Lipinski definition) is 1. The molecule has 0 bridgehead atoms. The van der Waals surface area contributed by atoms with Crippen LogP contribution in [-0.4, -0.2) is 20.9 Å². The van der Waals surface area contributed by atoms with E-state index in [2.05, 4.69) is 15.6 Å². The van der Waals surface area contributed by atoms with Crippen LogP contribution in [-0.2, 0) is 6.54 Å². The molecule has 0 aliphatic rings. The first-order valence-electron chi connectivity index (χ1n) is 6.84. The van der Waals surface area contributed by atoms with E-state index in [4.69, 9.17) is 11.6 Å². The molecular weight excluding hydrogens is 319 g/mol. The standard InChI is InChI=1S/C16H12ClFN4O/c17-12-6-2-4-8-15(12)22-10-14(20-21-22)16(23)19-9-11-5-1-3-7-13(11)18/h1-8,10H,9H2,(H,19,23). The van der Waals surface area contributed by atoms with E-state index in [1.165, 1.54) is 16.9 Å². The van der Waals surface area contributed by atoms with Crippen molar-refractivity contribution in [2.75, 3.05) is 0 Å². The van der Waals surface area contributed by atoms with Gasteiger partial charge < -0.3 is 5.32 Å². The molecule has 7 heteroatoms. The number of hydrogen-bond acceptors (Lipinski definition) is 3. The lowest BCUT2D eigenvalue weighted by Gasteiger charge is -2.04. The van der Waals surface area contributed by atoms with E-state index in [0.29, 0.717) is 16.3 Å². The van der Waals surface area contributed by atoms with Crippen molar-refractivity contribution in [3.8, 4) is 5.69 Å². The summed E-state index contributed by atoms with van der Waals surface area (Å²) in [6.07, 6.45) is 1.47. The first-order chi connectivity index (χ1) is 11.1. The van der Waals surface area contributed by atoms with E-state index in [1.807, 2.05) is 0 Å². The maximum absolute atomic E-state index is 13.5. The fourth-order valence-corrected chi connectivity index (χ4v) is 2.25. The Balaban J connectivity index is 1.72. The van der Waals surface area contributed by atoms with E-state index < -0.39 is 5.91 Å². The molecule has 0 aliphatic carbocycles. The van der Waals surface area contributed by atoms with Gasteiger partial charge in [-0.15, -0.1) is 5.10 Å². The molecule has 1 N–H and O–H groups in total. The number of aromatic nitrogens is 3. The molecule has 1 amide bonds. The SMILES string of the molecule is O=C(NCc1ccccc1F)c1cn(-c2ccccc2Cl)nn1. The minimum Gasteiger partial charge on any atom is -0.346 e. The fourth-order valence-electron chi connectivity index (χ4n) is 2.03. The highest BCUT2D eigenvalue weighted by Gasteiger charge is 2.13. The average molecular weight is 331 g/mol.